The van der Waals surface area contributed by atoms with E-state index >= 15 is 0 Å². The van der Waals surface area contributed by atoms with Gasteiger partial charge in [0.1, 0.15) is 12.6 Å². The van der Waals surface area contributed by atoms with Crippen LogP contribution in [0.1, 0.15) is 18.5 Å². The molecule has 116 valence electrons. The van der Waals surface area contributed by atoms with Crippen LogP contribution in [-0.4, -0.2) is 57.3 Å². The van der Waals surface area contributed by atoms with Crippen LogP contribution in [0.4, 0.5) is 0 Å². The summed E-state index contributed by atoms with van der Waals surface area (Å²) >= 11 is 0. The van der Waals surface area contributed by atoms with Crippen LogP contribution in [0.3, 0.4) is 0 Å². The highest BCUT2D eigenvalue weighted by Gasteiger charge is 2.17. The molecule has 21 heavy (non-hydrogen) atoms. The summed E-state index contributed by atoms with van der Waals surface area (Å²) < 4.78 is 6.76. The van der Waals surface area contributed by atoms with E-state index < -0.39 is 12.0 Å². The van der Waals surface area contributed by atoms with E-state index in [0.717, 1.165) is 19.4 Å². The molecule has 1 aliphatic heterocycles. The van der Waals surface area contributed by atoms with Gasteiger partial charge in [0.05, 0.1) is 11.8 Å². The van der Waals surface area contributed by atoms with Gasteiger partial charge in [0.25, 0.3) is 0 Å². The normalized spacial score (nSPS) is 19.4. The van der Waals surface area contributed by atoms with Crippen molar-refractivity contribution in [3.05, 3.63) is 11.9 Å². The molecule has 2 heterocycles. The quantitative estimate of drug-likeness (QED) is 0.559. The molecule has 1 aromatic heterocycles. The Morgan fingerprint density at radius 2 is 2.43 bits per heavy atom. The highest BCUT2D eigenvalue weighted by atomic mass is 16.5. The van der Waals surface area contributed by atoms with Crippen molar-refractivity contribution in [2.45, 2.75) is 38.0 Å². The number of carbonyl (C=O) groups excluding carboxylic acids is 1. The number of ether oxygens (including phenoxy) is 1. The second-order valence-electron chi connectivity index (χ2n) is 5.00. The highest BCUT2D eigenvalue weighted by molar-refractivity contribution is 5.75. The monoisotopic (exact) mass is 297 g/mol. The zero-order valence-corrected chi connectivity index (χ0v) is 11.6. The van der Waals surface area contributed by atoms with Crippen LogP contribution in [0.2, 0.25) is 0 Å². The molecule has 0 saturated carbocycles. The summed E-state index contributed by atoms with van der Waals surface area (Å²) in [5, 5.41) is 19.1. The van der Waals surface area contributed by atoms with E-state index in [1.165, 1.54) is 10.9 Å². The molecular weight excluding hydrogens is 278 g/mol. The fraction of sp³-hybridized carbons (Fsp3) is 0.667. The summed E-state index contributed by atoms with van der Waals surface area (Å²) in [5.74, 6) is -1.29. The highest BCUT2D eigenvalue weighted by Crippen LogP contribution is 2.10. The number of nitrogens with zero attached hydrogens (tertiary/aromatic N) is 3. The van der Waals surface area contributed by atoms with Gasteiger partial charge in [-0.15, -0.1) is 5.10 Å². The zero-order valence-electron chi connectivity index (χ0n) is 11.6. The number of carboxylic acid groups (broad SMARTS) is 1. The van der Waals surface area contributed by atoms with Crippen molar-refractivity contribution >= 4 is 11.9 Å². The number of rotatable bonds is 7. The fourth-order valence-electron chi connectivity index (χ4n) is 2.06. The van der Waals surface area contributed by atoms with Crippen molar-refractivity contribution in [3.8, 4) is 0 Å². The summed E-state index contributed by atoms with van der Waals surface area (Å²) in [7, 11) is 0. The van der Waals surface area contributed by atoms with E-state index in [9.17, 15) is 9.59 Å². The molecular formula is C12H19N5O4. The Morgan fingerprint density at radius 1 is 1.62 bits per heavy atom. The molecule has 2 rings (SSSR count). The molecule has 1 aromatic rings. The summed E-state index contributed by atoms with van der Waals surface area (Å²) in [5.41, 5.74) is 5.85. The topological polar surface area (TPSA) is 132 Å². The fourth-order valence-corrected chi connectivity index (χ4v) is 2.06. The molecule has 9 nitrogen and oxygen atoms in total. The van der Waals surface area contributed by atoms with Gasteiger partial charge in [0.15, 0.2) is 0 Å². The first-order valence-electron chi connectivity index (χ1n) is 6.80. The van der Waals surface area contributed by atoms with E-state index in [2.05, 4.69) is 15.6 Å². The number of carboxylic acids is 1. The minimum Gasteiger partial charge on any atom is -0.480 e. The van der Waals surface area contributed by atoms with Gasteiger partial charge in [-0.1, -0.05) is 5.21 Å². The SMILES string of the molecule is NC(Cc1cn(CC(=O)NCC2CCCO2)nn1)C(=O)O. The van der Waals surface area contributed by atoms with E-state index in [1.807, 2.05) is 0 Å². The average Bonchev–Trinajstić information content (AvgIpc) is 3.08. The Morgan fingerprint density at radius 3 is 3.10 bits per heavy atom. The first-order valence-corrected chi connectivity index (χ1v) is 6.80. The molecule has 2 atom stereocenters. The summed E-state index contributed by atoms with van der Waals surface area (Å²) in [4.78, 5) is 22.4. The minimum atomic E-state index is -1.10. The second-order valence-corrected chi connectivity index (χ2v) is 5.00. The van der Waals surface area contributed by atoms with Crippen molar-refractivity contribution in [2.75, 3.05) is 13.2 Å². The van der Waals surface area contributed by atoms with Gasteiger partial charge in [-0.3, -0.25) is 9.59 Å². The Labute approximate surface area is 121 Å². The van der Waals surface area contributed by atoms with Crippen molar-refractivity contribution in [3.63, 3.8) is 0 Å². The summed E-state index contributed by atoms with van der Waals surface area (Å²) in [6, 6.07) is -1.02. The van der Waals surface area contributed by atoms with Gasteiger partial charge in [-0.05, 0) is 12.8 Å². The predicted molar refractivity (Wildman–Crippen MR) is 71.3 cm³/mol. The maximum absolute atomic E-state index is 11.7. The van der Waals surface area contributed by atoms with Gasteiger partial charge in [-0.25, -0.2) is 4.68 Å². The lowest BCUT2D eigenvalue weighted by Crippen LogP contribution is -2.34. The van der Waals surface area contributed by atoms with Crippen LogP contribution < -0.4 is 11.1 Å². The van der Waals surface area contributed by atoms with E-state index in [1.54, 1.807) is 0 Å². The largest absolute Gasteiger partial charge is 0.480 e. The summed E-state index contributed by atoms with van der Waals surface area (Å²) in [6.07, 6.45) is 3.67. The lowest BCUT2D eigenvalue weighted by Gasteiger charge is -2.10. The maximum atomic E-state index is 11.7. The Kier molecular flexibility index (Phi) is 5.23. The number of aromatic nitrogens is 3. The molecule has 4 N–H and O–H groups in total. The first kappa shape index (κ1) is 15.4. The number of hydrogen-bond donors (Lipinski definition) is 3. The van der Waals surface area contributed by atoms with Crippen LogP contribution in [0.15, 0.2) is 6.20 Å². The zero-order chi connectivity index (χ0) is 15.2. The van der Waals surface area contributed by atoms with Gasteiger partial charge in [0, 0.05) is 25.8 Å². The average molecular weight is 297 g/mol. The van der Waals surface area contributed by atoms with Crippen LogP contribution in [0.5, 0.6) is 0 Å². The number of nitrogens with two attached hydrogens (primary N) is 1. The van der Waals surface area contributed by atoms with Crippen molar-refractivity contribution in [1.29, 1.82) is 0 Å². The van der Waals surface area contributed by atoms with Crippen LogP contribution in [0.25, 0.3) is 0 Å². The maximum Gasteiger partial charge on any atom is 0.320 e. The molecule has 9 heteroatoms. The minimum absolute atomic E-state index is 0.0298. The summed E-state index contributed by atoms with van der Waals surface area (Å²) in [6.45, 7) is 1.27. The molecule has 1 amide bonds. The lowest BCUT2D eigenvalue weighted by atomic mass is 10.2. The van der Waals surface area contributed by atoms with Gasteiger partial charge >= 0.3 is 5.97 Å². The second kappa shape index (κ2) is 7.14. The van der Waals surface area contributed by atoms with Gasteiger partial charge in [-0.2, -0.15) is 0 Å². The molecule has 0 bridgehead atoms. The molecule has 1 aliphatic rings. The van der Waals surface area contributed by atoms with Crippen molar-refractivity contribution in [2.24, 2.45) is 5.73 Å². The molecule has 0 aromatic carbocycles. The Hall–Kier alpha value is -2.00. The van der Waals surface area contributed by atoms with Gasteiger partial charge in [0.2, 0.25) is 5.91 Å². The standard InChI is InChI=1S/C12H19N5O4/c13-10(12(19)20)4-8-6-17(16-15-8)7-11(18)14-5-9-2-1-3-21-9/h6,9-10H,1-5,7,13H2,(H,14,18)(H,19,20). The Bertz CT molecular complexity index is 498. The van der Waals surface area contributed by atoms with E-state index in [-0.39, 0.29) is 25.0 Å². The smallest absolute Gasteiger partial charge is 0.320 e. The number of hydrogen-bond acceptors (Lipinski definition) is 6. The Balaban J connectivity index is 1.75. The first-order chi connectivity index (χ1) is 10.0. The molecule has 1 fully saturated rings. The number of carbonyl (C=O) groups is 2. The molecule has 0 radical (unpaired) electrons. The molecule has 0 aliphatic carbocycles. The third-order valence-electron chi connectivity index (χ3n) is 3.19. The van der Waals surface area contributed by atoms with Gasteiger partial charge < -0.3 is 20.9 Å². The van der Waals surface area contributed by atoms with Crippen molar-refractivity contribution < 1.29 is 19.4 Å². The molecule has 0 spiro atoms. The molecule has 1 saturated heterocycles. The van der Waals surface area contributed by atoms with Crippen LogP contribution in [0, 0.1) is 0 Å². The number of nitrogens with one attached hydrogen (secondary N) is 1. The third kappa shape index (κ3) is 4.80. The van der Waals surface area contributed by atoms with E-state index in [0.29, 0.717) is 12.2 Å². The van der Waals surface area contributed by atoms with E-state index in [4.69, 9.17) is 15.6 Å². The molecule has 2 unspecified atom stereocenters. The lowest BCUT2D eigenvalue weighted by molar-refractivity contribution is -0.138. The number of amides is 1. The van der Waals surface area contributed by atoms with Crippen LogP contribution in [-0.2, 0) is 27.3 Å². The van der Waals surface area contributed by atoms with Crippen molar-refractivity contribution in [1.82, 2.24) is 20.3 Å². The predicted octanol–water partition coefficient (Wildman–Crippen LogP) is -1.47. The van der Waals surface area contributed by atoms with Crippen LogP contribution >= 0.6 is 0 Å². The third-order valence-corrected chi connectivity index (χ3v) is 3.19. The number of aliphatic carboxylic acids is 1.